The fourth-order valence-corrected chi connectivity index (χ4v) is 4.19. The van der Waals surface area contributed by atoms with Crippen LogP contribution >= 0.6 is 0 Å². The fourth-order valence-electron chi connectivity index (χ4n) is 4.19. The van der Waals surface area contributed by atoms with Gasteiger partial charge in [0, 0.05) is 23.7 Å². The standard InChI is InChI=1S/C25H28FNO5/c1-4-31-23(28)21-19(27-18-9-7-6-8-10-18)15-25(3,30)22(24(29)32-5-2)20(21)16-11-13-17(26)14-12-16/h6-14,20,22,27,30H,4-5,15H2,1-3H3/t20-,22-,25+/m0/s1. The zero-order chi connectivity index (χ0) is 23.3. The molecule has 1 aliphatic rings. The molecule has 0 spiro atoms. The Morgan fingerprint density at radius 1 is 1.06 bits per heavy atom. The summed E-state index contributed by atoms with van der Waals surface area (Å²) in [6, 6.07) is 14.7. The predicted molar refractivity (Wildman–Crippen MR) is 118 cm³/mol. The number of para-hydroxylation sites is 1. The average molecular weight is 441 g/mol. The Labute approximate surface area is 187 Å². The van der Waals surface area contributed by atoms with Crippen molar-refractivity contribution in [2.45, 2.75) is 38.7 Å². The first-order valence-corrected chi connectivity index (χ1v) is 10.6. The SMILES string of the molecule is CCOC(=O)C1=C(Nc2ccccc2)C[C@@](C)(O)[C@H](C(=O)OCC)[C@H]1c1ccc(F)cc1. The van der Waals surface area contributed by atoms with Crippen LogP contribution in [0.1, 0.15) is 38.7 Å². The number of carbonyl (C=O) groups is 2. The van der Waals surface area contributed by atoms with Gasteiger partial charge in [-0.1, -0.05) is 30.3 Å². The van der Waals surface area contributed by atoms with Crippen LogP contribution in [0.5, 0.6) is 0 Å². The van der Waals surface area contributed by atoms with Crippen LogP contribution in [0.3, 0.4) is 0 Å². The number of halogens is 1. The maximum atomic E-state index is 13.7. The van der Waals surface area contributed by atoms with Crippen LogP contribution in [0.15, 0.2) is 65.9 Å². The number of benzene rings is 2. The lowest BCUT2D eigenvalue weighted by atomic mass is 9.66. The number of ether oxygens (including phenoxy) is 2. The van der Waals surface area contributed by atoms with Gasteiger partial charge in [0.25, 0.3) is 0 Å². The number of esters is 2. The molecule has 2 N–H and O–H groups in total. The lowest BCUT2D eigenvalue weighted by molar-refractivity contribution is -0.159. The average Bonchev–Trinajstić information content (AvgIpc) is 2.74. The predicted octanol–water partition coefficient (Wildman–Crippen LogP) is 4.17. The second-order valence-corrected chi connectivity index (χ2v) is 7.90. The van der Waals surface area contributed by atoms with Crippen molar-refractivity contribution in [2.75, 3.05) is 18.5 Å². The van der Waals surface area contributed by atoms with E-state index in [1.807, 2.05) is 30.3 Å². The summed E-state index contributed by atoms with van der Waals surface area (Å²) < 4.78 is 24.3. The van der Waals surface area contributed by atoms with Gasteiger partial charge in [-0.3, -0.25) is 4.79 Å². The monoisotopic (exact) mass is 441 g/mol. The first-order chi connectivity index (χ1) is 15.3. The van der Waals surface area contributed by atoms with Gasteiger partial charge in [0.1, 0.15) is 5.82 Å². The molecule has 2 aromatic rings. The van der Waals surface area contributed by atoms with Gasteiger partial charge in [-0.15, -0.1) is 0 Å². The molecule has 0 radical (unpaired) electrons. The minimum atomic E-state index is -1.54. The van der Waals surface area contributed by atoms with E-state index in [-0.39, 0.29) is 25.2 Å². The second kappa shape index (κ2) is 9.96. The summed E-state index contributed by atoms with van der Waals surface area (Å²) in [7, 11) is 0. The van der Waals surface area contributed by atoms with Crippen LogP contribution in [0, 0.1) is 11.7 Å². The van der Waals surface area contributed by atoms with Crippen LogP contribution in [-0.4, -0.2) is 35.9 Å². The lowest BCUT2D eigenvalue weighted by Crippen LogP contribution is -2.49. The third-order valence-corrected chi connectivity index (χ3v) is 5.51. The van der Waals surface area contributed by atoms with Gasteiger partial charge < -0.3 is 19.9 Å². The summed E-state index contributed by atoms with van der Waals surface area (Å²) in [4.78, 5) is 26.2. The maximum Gasteiger partial charge on any atom is 0.336 e. The van der Waals surface area contributed by atoms with E-state index in [1.165, 1.54) is 24.3 Å². The minimum absolute atomic E-state index is 0.00276. The summed E-state index contributed by atoms with van der Waals surface area (Å²) in [6.45, 7) is 5.16. The molecule has 0 fully saturated rings. The van der Waals surface area contributed by atoms with E-state index in [4.69, 9.17) is 9.47 Å². The molecule has 0 bridgehead atoms. The Morgan fingerprint density at radius 3 is 2.28 bits per heavy atom. The van der Waals surface area contributed by atoms with Gasteiger partial charge in [-0.05, 0) is 50.6 Å². The van der Waals surface area contributed by atoms with Crippen molar-refractivity contribution in [1.82, 2.24) is 0 Å². The molecule has 0 amide bonds. The van der Waals surface area contributed by atoms with Gasteiger partial charge >= 0.3 is 11.9 Å². The van der Waals surface area contributed by atoms with Crippen molar-refractivity contribution in [3.05, 3.63) is 77.2 Å². The first-order valence-electron chi connectivity index (χ1n) is 10.6. The van der Waals surface area contributed by atoms with Gasteiger partial charge in [-0.2, -0.15) is 0 Å². The Morgan fingerprint density at radius 2 is 1.69 bits per heavy atom. The molecular formula is C25H28FNO5. The Hall–Kier alpha value is -3.19. The molecule has 7 heteroatoms. The Kier molecular flexibility index (Phi) is 7.30. The van der Waals surface area contributed by atoms with E-state index in [0.29, 0.717) is 16.9 Å². The van der Waals surface area contributed by atoms with E-state index in [0.717, 1.165) is 0 Å². The number of carbonyl (C=O) groups excluding carboxylic acids is 2. The summed E-state index contributed by atoms with van der Waals surface area (Å²) in [5.41, 5.74) is 0.326. The minimum Gasteiger partial charge on any atom is -0.466 e. The van der Waals surface area contributed by atoms with Crippen LogP contribution in [0.2, 0.25) is 0 Å². The molecule has 0 aliphatic heterocycles. The molecule has 170 valence electrons. The number of nitrogens with one attached hydrogen (secondary N) is 1. The van der Waals surface area contributed by atoms with Crippen molar-refractivity contribution in [3.8, 4) is 0 Å². The van der Waals surface area contributed by atoms with Gasteiger partial charge in [0.2, 0.25) is 0 Å². The molecule has 0 unspecified atom stereocenters. The largest absolute Gasteiger partial charge is 0.466 e. The lowest BCUT2D eigenvalue weighted by Gasteiger charge is -2.43. The molecule has 2 aromatic carbocycles. The molecular weight excluding hydrogens is 413 g/mol. The molecule has 6 nitrogen and oxygen atoms in total. The summed E-state index contributed by atoms with van der Waals surface area (Å²) in [5.74, 6) is -3.68. The molecule has 0 heterocycles. The highest BCUT2D eigenvalue weighted by Crippen LogP contribution is 2.48. The molecule has 0 aromatic heterocycles. The van der Waals surface area contributed by atoms with Crippen molar-refractivity contribution in [2.24, 2.45) is 5.92 Å². The van der Waals surface area contributed by atoms with Gasteiger partial charge in [0.15, 0.2) is 0 Å². The van der Waals surface area contributed by atoms with Crippen molar-refractivity contribution < 1.29 is 28.6 Å². The molecule has 32 heavy (non-hydrogen) atoms. The van der Waals surface area contributed by atoms with Crippen LogP contribution in [0.25, 0.3) is 0 Å². The molecule has 3 atom stereocenters. The van der Waals surface area contributed by atoms with Crippen molar-refractivity contribution >= 4 is 17.6 Å². The molecule has 3 rings (SSSR count). The van der Waals surface area contributed by atoms with Crippen LogP contribution in [-0.2, 0) is 19.1 Å². The van der Waals surface area contributed by atoms with E-state index < -0.39 is 35.2 Å². The smallest absolute Gasteiger partial charge is 0.336 e. The van der Waals surface area contributed by atoms with Gasteiger partial charge in [-0.25, -0.2) is 9.18 Å². The highest BCUT2D eigenvalue weighted by molar-refractivity contribution is 5.94. The number of rotatable bonds is 7. The first kappa shape index (κ1) is 23.5. The Balaban J connectivity index is 2.23. The zero-order valence-corrected chi connectivity index (χ0v) is 18.4. The van der Waals surface area contributed by atoms with Crippen LogP contribution < -0.4 is 5.32 Å². The van der Waals surface area contributed by atoms with E-state index in [1.54, 1.807) is 20.8 Å². The topological polar surface area (TPSA) is 84.9 Å². The van der Waals surface area contributed by atoms with Crippen molar-refractivity contribution in [1.29, 1.82) is 0 Å². The fraction of sp³-hybridized carbons (Fsp3) is 0.360. The third kappa shape index (κ3) is 4.99. The quantitative estimate of drug-likeness (QED) is 0.628. The summed E-state index contributed by atoms with van der Waals surface area (Å²) >= 11 is 0. The molecule has 1 aliphatic carbocycles. The summed E-state index contributed by atoms with van der Waals surface area (Å²) in [5, 5.41) is 14.6. The number of anilines is 1. The number of aliphatic hydroxyl groups is 1. The maximum absolute atomic E-state index is 13.7. The summed E-state index contributed by atoms with van der Waals surface area (Å²) in [6.07, 6.45) is -0.00276. The van der Waals surface area contributed by atoms with Gasteiger partial charge in [0.05, 0.1) is 30.3 Å². The Bertz CT molecular complexity index is 985. The number of hydrogen-bond donors (Lipinski definition) is 2. The van der Waals surface area contributed by atoms with Crippen molar-refractivity contribution in [3.63, 3.8) is 0 Å². The van der Waals surface area contributed by atoms with E-state index >= 15 is 0 Å². The third-order valence-electron chi connectivity index (χ3n) is 5.51. The number of hydrogen-bond acceptors (Lipinski definition) is 6. The van der Waals surface area contributed by atoms with E-state index in [2.05, 4.69) is 5.32 Å². The van der Waals surface area contributed by atoms with E-state index in [9.17, 15) is 19.1 Å². The molecule has 0 saturated heterocycles. The van der Waals surface area contributed by atoms with Crippen LogP contribution in [0.4, 0.5) is 10.1 Å². The molecule has 0 saturated carbocycles. The highest BCUT2D eigenvalue weighted by atomic mass is 19.1. The zero-order valence-electron chi connectivity index (χ0n) is 18.4. The second-order valence-electron chi connectivity index (χ2n) is 7.90. The highest BCUT2D eigenvalue weighted by Gasteiger charge is 2.52. The normalized spacial score (nSPS) is 22.9.